The Labute approximate surface area is 179 Å². The van der Waals surface area contributed by atoms with Gasteiger partial charge in [-0.25, -0.2) is 4.79 Å². The van der Waals surface area contributed by atoms with Gasteiger partial charge in [0.15, 0.2) is 0 Å². The van der Waals surface area contributed by atoms with Crippen molar-refractivity contribution < 1.29 is 14.3 Å². The predicted molar refractivity (Wildman–Crippen MR) is 119 cm³/mol. The van der Waals surface area contributed by atoms with Crippen molar-refractivity contribution in [1.29, 1.82) is 5.26 Å². The molecular weight excluding hydrogens is 396 g/mol. The first-order valence-electron chi connectivity index (χ1n) is 9.34. The molecule has 0 atom stereocenters. The molecule has 1 aromatic heterocycles. The lowest BCUT2D eigenvalue weighted by atomic mass is 10.0. The maximum Gasteiger partial charge on any atom is 0.341 e. The Morgan fingerprint density at radius 3 is 2.43 bits per heavy atom. The molecule has 0 saturated carbocycles. The van der Waals surface area contributed by atoms with Crippen LogP contribution in [-0.2, 0) is 16.0 Å². The van der Waals surface area contributed by atoms with Crippen molar-refractivity contribution in [2.24, 2.45) is 0 Å². The van der Waals surface area contributed by atoms with Crippen LogP contribution < -0.4 is 5.32 Å². The van der Waals surface area contributed by atoms with Crippen molar-refractivity contribution in [3.63, 3.8) is 0 Å². The van der Waals surface area contributed by atoms with E-state index in [4.69, 9.17) is 4.74 Å². The molecule has 6 heteroatoms. The molecule has 0 saturated heterocycles. The Kier molecular flexibility index (Phi) is 6.79. The van der Waals surface area contributed by atoms with Crippen molar-refractivity contribution in [2.45, 2.75) is 13.3 Å². The number of ether oxygens (including phenoxy) is 1. The smallest absolute Gasteiger partial charge is 0.341 e. The number of hydrogen-bond acceptors (Lipinski definition) is 5. The van der Waals surface area contributed by atoms with Crippen LogP contribution >= 0.6 is 11.3 Å². The lowest BCUT2D eigenvalue weighted by Gasteiger charge is -2.08. The average Bonchev–Trinajstić information content (AvgIpc) is 3.21. The van der Waals surface area contributed by atoms with E-state index in [0.717, 1.165) is 17.5 Å². The van der Waals surface area contributed by atoms with Gasteiger partial charge < -0.3 is 10.1 Å². The summed E-state index contributed by atoms with van der Waals surface area (Å²) in [7, 11) is 1.30. The largest absolute Gasteiger partial charge is 0.465 e. The summed E-state index contributed by atoms with van der Waals surface area (Å²) in [4.78, 5) is 25.2. The molecule has 0 aliphatic rings. The Morgan fingerprint density at radius 1 is 1.13 bits per heavy atom. The number of nitriles is 1. The SMILES string of the molecule is CCc1ccc(-c2csc(NC(=O)/C(C#N)=C/c3ccccc3)c2C(=O)OC)cc1. The number of carbonyl (C=O) groups excluding carboxylic acids is 2. The van der Waals surface area contributed by atoms with Crippen LogP contribution in [0, 0.1) is 11.3 Å². The minimum absolute atomic E-state index is 0.0562. The van der Waals surface area contributed by atoms with Crippen LogP contribution in [0.1, 0.15) is 28.4 Å². The fraction of sp³-hybridized carbons (Fsp3) is 0.125. The quantitative estimate of drug-likeness (QED) is 0.335. The van der Waals surface area contributed by atoms with Gasteiger partial charge in [0.05, 0.1) is 7.11 Å². The second-order valence-corrected chi connectivity index (χ2v) is 7.31. The molecule has 1 heterocycles. The number of aryl methyl sites for hydroxylation is 1. The number of esters is 1. The summed E-state index contributed by atoms with van der Waals surface area (Å²) in [5, 5.41) is 14.3. The molecular formula is C24H20N2O3S. The first-order chi connectivity index (χ1) is 14.6. The van der Waals surface area contributed by atoms with Crippen LogP contribution in [0.15, 0.2) is 65.6 Å². The number of anilines is 1. The molecule has 0 bridgehead atoms. The molecule has 0 spiro atoms. The number of nitrogens with zero attached hydrogens (tertiary/aromatic N) is 1. The van der Waals surface area contributed by atoms with Crippen molar-refractivity contribution >= 4 is 34.3 Å². The highest BCUT2D eigenvalue weighted by molar-refractivity contribution is 7.15. The predicted octanol–water partition coefficient (Wildman–Crippen LogP) is 5.31. The van der Waals surface area contributed by atoms with Gasteiger partial charge >= 0.3 is 5.97 Å². The molecule has 5 nitrogen and oxygen atoms in total. The Morgan fingerprint density at radius 2 is 1.83 bits per heavy atom. The summed E-state index contributed by atoms with van der Waals surface area (Å²) < 4.78 is 4.94. The molecule has 30 heavy (non-hydrogen) atoms. The molecule has 3 rings (SSSR count). The molecule has 0 aliphatic carbocycles. The van der Waals surface area contributed by atoms with Crippen LogP contribution in [0.4, 0.5) is 5.00 Å². The molecule has 0 aliphatic heterocycles. The lowest BCUT2D eigenvalue weighted by Crippen LogP contribution is -2.15. The van der Waals surface area contributed by atoms with Crippen molar-refractivity contribution in [3.8, 4) is 17.2 Å². The van der Waals surface area contributed by atoms with Gasteiger partial charge in [0.2, 0.25) is 0 Å². The zero-order valence-corrected chi connectivity index (χ0v) is 17.5. The van der Waals surface area contributed by atoms with E-state index in [1.165, 1.54) is 30.1 Å². The van der Waals surface area contributed by atoms with Gasteiger partial charge in [-0.1, -0.05) is 61.5 Å². The highest BCUT2D eigenvalue weighted by Gasteiger charge is 2.23. The Balaban J connectivity index is 1.94. The van der Waals surface area contributed by atoms with Gasteiger partial charge in [-0.2, -0.15) is 5.26 Å². The highest BCUT2D eigenvalue weighted by atomic mass is 32.1. The third-order valence-electron chi connectivity index (χ3n) is 4.56. The molecule has 0 radical (unpaired) electrons. The zero-order valence-electron chi connectivity index (χ0n) is 16.6. The second kappa shape index (κ2) is 9.68. The Hall–Kier alpha value is -3.69. The maximum atomic E-state index is 12.7. The number of hydrogen-bond donors (Lipinski definition) is 1. The number of thiophene rings is 1. The van der Waals surface area contributed by atoms with Crippen LogP contribution in [0.3, 0.4) is 0 Å². The summed E-state index contributed by atoms with van der Waals surface area (Å²) >= 11 is 1.22. The van der Waals surface area contributed by atoms with Gasteiger partial charge in [-0.15, -0.1) is 11.3 Å². The topological polar surface area (TPSA) is 79.2 Å². The summed E-state index contributed by atoms with van der Waals surface area (Å²) in [5.41, 5.74) is 3.67. The lowest BCUT2D eigenvalue weighted by molar-refractivity contribution is -0.112. The number of benzene rings is 2. The number of methoxy groups -OCH3 is 1. The molecule has 3 aromatic rings. The monoisotopic (exact) mass is 416 g/mol. The average molecular weight is 417 g/mol. The second-order valence-electron chi connectivity index (χ2n) is 6.43. The van der Waals surface area contributed by atoms with Gasteiger partial charge in [0.1, 0.15) is 22.2 Å². The molecule has 1 amide bonds. The zero-order chi connectivity index (χ0) is 21.5. The number of nitrogens with one attached hydrogen (secondary N) is 1. The van der Waals surface area contributed by atoms with Gasteiger partial charge in [0.25, 0.3) is 5.91 Å². The first-order valence-corrected chi connectivity index (χ1v) is 10.2. The Bertz CT molecular complexity index is 1120. The minimum Gasteiger partial charge on any atom is -0.465 e. The van der Waals surface area contributed by atoms with Crippen molar-refractivity contribution in [3.05, 3.63) is 82.2 Å². The van der Waals surface area contributed by atoms with E-state index in [1.54, 1.807) is 17.5 Å². The van der Waals surface area contributed by atoms with Crippen LogP contribution in [-0.4, -0.2) is 19.0 Å². The summed E-state index contributed by atoms with van der Waals surface area (Å²) in [6, 6.07) is 18.9. The standard InChI is InChI=1S/C24H20N2O3S/c1-3-16-9-11-18(12-10-16)20-15-30-23(21(20)24(28)29-2)26-22(27)19(14-25)13-17-7-5-4-6-8-17/h4-13,15H,3H2,1-2H3,(H,26,27)/b19-13+. The van der Waals surface area contributed by atoms with E-state index in [1.807, 2.05) is 48.5 Å². The molecule has 2 aromatic carbocycles. The number of carbonyl (C=O) groups is 2. The minimum atomic E-state index is -0.582. The summed E-state index contributed by atoms with van der Waals surface area (Å²) in [6.45, 7) is 2.07. The molecule has 0 unspecified atom stereocenters. The molecule has 0 fully saturated rings. The van der Waals surface area contributed by atoms with E-state index in [-0.39, 0.29) is 11.1 Å². The van der Waals surface area contributed by atoms with Crippen LogP contribution in [0.2, 0.25) is 0 Å². The van der Waals surface area contributed by atoms with Gasteiger partial charge in [0, 0.05) is 10.9 Å². The molecule has 150 valence electrons. The number of amides is 1. The fourth-order valence-electron chi connectivity index (χ4n) is 2.92. The highest BCUT2D eigenvalue weighted by Crippen LogP contribution is 2.36. The third-order valence-corrected chi connectivity index (χ3v) is 5.45. The summed E-state index contributed by atoms with van der Waals surface area (Å²) in [5.74, 6) is -1.13. The van der Waals surface area contributed by atoms with E-state index in [9.17, 15) is 14.9 Å². The number of rotatable bonds is 6. The fourth-order valence-corrected chi connectivity index (χ4v) is 3.87. The maximum absolute atomic E-state index is 12.7. The van der Waals surface area contributed by atoms with E-state index in [0.29, 0.717) is 10.6 Å². The normalized spacial score (nSPS) is 10.9. The van der Waals surface area contributed by atoms with Crippen molar-refractivity contribution in [1.82, 2.24) is 0 Å². The third kappa shape index (κ3) is 4.65. The van der Waals surface area contributed by atoms with Crippen LogP contribution in [0.5, 0.6) is 0 Å². The summed E-state index contributed by atoms with van der Waals surface area (Å²) in [6.07, 6.45) is 2.42. The first kappa shape index (κ1) is 21.0. The van der Waals surface area contributed by atoms with Crippen molar-refractivity contribution in [2.75, 3.05) is 12.4 Å². The van der Waals surface area contributed by atoms with Gasteiger partial charge in [-0.05, 0) is 29.2 Å². The van der Waals surface area contributed by atoms with E-state index >= 15 is 0 Å². The molecule has 1 N–H and O–H groups in total. The van der Waals surface area contributed by atoms with Gasteiger partial charge in [-0.3, -0.25) is 4.79 Å². The van der Waals surface area contributed by atoms with E-state index in [2.05, 4.69) is 12.2 Å². The van der Waals surface area contributed by atoms with E-state index < -0.39 is 11.9 Å². The van der Waals surface area contributed by atoms with Crippen LogP contribution in [0.25, 0.3) is 17.2 Å².